The molecular formula is C12H13ClN2O4. The number of nitro benzene ring substituents is 1. The molecule has 1 aromatic rings. The Labute approximate surface area is 114 Å². The Bertz CT molecular complexity index is 545. The molecule has 0 unspecified atom stereocenters. The lowest BCUT2D eigenvalue weighted by Crippen LogP contribution is -2.47. The predicted octanol–water partition coefficient (Wildman–Crippen LogP) is 3.06. The van der Waals surface area contributed by atoms with Gasteiger partial charge >= 0.3 is 6.09 Å². The lowest BCUT2D eigenvalue weighted by Gasteiger charge is -2.38. The highest BCUT2D eigenvalue weighted by molar-refractivity contribution is 6.30. The van der Waals surface area contributed by atoms with Crippen LogP contribution in [-0.2, 0) is 4.74 Å². The number of hydrogen-bond donors (Lipinski definition) is 1. The van der Waals surface area contributed by atoms with E-state index in [1.54, 1.807) is 0 Å². The van der Waals surface area contributed by atoms with E-state index in [-0.39, 0.29) is 12.3 Å². The molecule has 0 aromatic heterocycles. The fourth-order valence-electron chi connectivity index (χ4n) is 2.11. The zero-order valence-electron chi connectivity index (χ0n) is 10.5. The van der Waals surface area contributed by atoms with Gasteiger partial charge in [0.2, 0.25) is 0 Å². The monoisotopic (exact) mass is 284 g/mol. The summed E-state index contributed by atoms with van der Waals surface area (Å²) in [6.07, 6.45) is -0.585. The summed E-state index contributed by atoms with van der Waals surface area (Å²) in [4.78, 5) is 22.0. The number of rotatable bonds is 2. The van der Waals surface area contributed by atoms with E-state index >= 15 is 0 Å². The number of nitrogens with zero attached hydrogens (tertiary/aromatic N) is 1. The van der Waals surface area contributed by atoms with Crippen LogP contribution in [0, 0.1) is 15.5 Å². The molecule has 19 heavy (non-hydrogen) atoms. The first-order chi connectivity index (χ1) is 8.81. The summed E-state index contributed by atoms with van der Waals surface area (Å²) >= 11 is 5.90. The van der Waals surface area contributed by atoms with Crippen molar-refractivity contribution >= 4 is 23.4 Å². The van der Waals surface area contributed by atoms with Crippen molar-refractivity contribution in [2.45, 2.75) is 19.9 Å². The Morgan fingerprint density at radius 1 is 1.53 bits per heavy atom. The second kappa shape index (κ2) is 4.70. The molecule has 102 valence electrons. The molecule has 0 aliphatic carbocycles. The molecule has 1 amide bonds. The number of carbonyl (C=O) groups is 1. The highest BCUT2D eigenvalue weighted by Crippen LogP contribution is 2.40. The van der Waals surface area contributed by atoms with Gasteiger partial charge in [-0.1, -0.05) is 25.4 Å². The number of alkyl carbamates (subject to hydrolysis) is 1. The van der Waals surface area contributed by atoms with Gasteiger partial charge in [-0.15, -0.1) is 0 Å². The van der Waals surface area contributed by atoms with Crippen LogP contribution in [0.5, 0.6) is 0 Å². The van der Waals surface area contributed by atoms with E-state index in [0.717, 1.165) is 0 Å². The minimum atomic E-state index is -0.585. The molecule has 1 fully saturated rings. The second-order valence-corrected chi connectivity index (χ2v) is 5.54. The van der Waals surface area contributed by atoms with Gasteiger partial charge in [0.05, 0.1) is 16.5 Å². The van der Waals surface area contributed by atoms with E-state index < -0.39 is 22.5 Å². The molecule has 2 rings (SSSR count). The molecule has 1 N–H and O–H groups in total. The molecule has 1 aliphatic rings. The average Bonchev–Trinajstić information content (AvgIpc) is 2.32. The van der Waals surface area contributed by atoms with Crippen molar-refractivity contribution in [1.29, 1.82) is 0 Å². The topological polar surface area (TPSA) is 81.5 Å². The number of carbonyl (C=O) groups excluding carboxylic acids is 1. The summed E-state index contributed by atoms with van der Waals surface area (Å²) in [5, 5.41) is 14.1. The smallest absolute Gasteiger partial charge is 0.407 e. The van der Waals surface area contributed by atoms with Gasteiger partial charge in [-0.25, -0.2) is 4.79 Å². The zero-order chi connectivity index (χ0) is 14.2. The van der Waals surface area contributed by atoms with Crippen LogP contribution in [0.3, 0.4) is 0 Å². The van der Waals surface area contributed by atoms with Gasteiger partial charge in [0.1, 0.15) is 6.61 Å². The van der Waals surface area contributed by atoms with Crippen LogP contribution in [0.1, 0.15) is 25.5 Å². The normalized spacial score (nSPS) is 21.4. The first kappa shape index (κ1) is 13.6. The van der Waals surface area contributed by atoms with Gasteiger partial charge in [-0.3, -0.25) is 10.1 Å². The van der Waals surface area contributed by atoms with Gasteiger partial charge in [-0.05, 0) is 12.1 Å². The zero-order valence-corrected chi connectivity index (χ0v) is 11.2. The third-order valence-corrected chi connectivity index (χ3v) is 3.35. The predicted molar refractivity (Wildman–Crippen MR) is 69.1 cm³/mol. The third kappa shape index (κ3) is 2.63. The fourth-order valence-corrected chi connectivity index (χ4v) is 2.29. The highest BCUT2D eigenvalue weighted by atomic mass is 35.5. The van der Waals surface area contributed by atoms with Crippen LogP contribution in [0.2, 0.25) is 5.02 Å². The van der Waals surface area contributed by atoms with Crippen LogP contribution >= 0.6 is 11.6 Å². The molecular weight excluding hydrogens is 272 g/mol. The lowest BCUT2D eigenvalue weighted by atomic mass is 9.80. The summed E-state index contributed by atoms with van der Waals surface area (Å²) < 4.78 is 4.92. The molecule has 0 spiro atoms. The molecule has 7 heteroatoms. The van der Waals surface area contributed by atoms with Gasteiger partial charge in [0.15, 0.2) is 0 Å². The highest BCUT2D eigenvalue weighted by Gasteiger charge is 2.41. The van der Waals surface area contributed by atoms with E-state index in [0.29, 0.717) is 10.6 Å². The first-order valence-electron chi connectivity index (χ1n) is 5.68. The first-order valence-corrected chi connectivity index (χ1v) is 6.06. The largest absolute Gasteiger partial charge is 0.449 e. The van der Waals surface area contributed by atoms with Crippen molar-refractivity contribution in [1.82, 2.24) is 5.32 Å². The third-order valence-electron chi connectivity index (χ3n) is 3.12. The minimum Gasteiger partial charge on any atom is -0.449 e. The Balaban J connectivity index is 2.52. The molecule has 0 bridgehead atoms. The lowest BCUT2D eigenvalue weighted by molar-refractivity contribution is -0.386. The van der Waals surface area contributed by atoms with Crippen molar-refractivity contribution in [3.8, 4) is 0 Å². The van der Waals surface area contributed by atoms with Crippen molar-refractivity contribution in [2.24, 2.45) is 5.41 Å². The molecule has 0 radical (unpaired) electrons. The van der Waals surface area contributed by atoms with Crippen molar-refractivity contribution in [3.05, 3.63) is 38.9 Å². The standard InChI is InChI=1S/C12H13ClN2O4/c1-12(2)6-19-11(16)14-10(12)8-5-7(13)3-4-9(8)15(17)18/h3-5,10H,6H2,1-2H3,(H,14,16)/t10-/m0/s1. The van der Waals surface area contributed by atoms with Gasteiger partial charge in [0.25, 0.3) is 5.69 Å². The number of nitrogens with one attached hydrogen (secondary N) is 1. The summed E-state index contributed by atoms with van der Waals surface area (Å²) in [6.45, 7) is 3.91. The van der Waals surface area contributed by atoms with Crippen LogP contribution < -0.4 is 5.32 Å². The Morgan fingerprint density at radius 3 is 2.84 bits per heavy atom. The van der Waals surface area contributed by atoms with Gasteiger partial charge in [-0.2, -0.15) is 0 Å². The van der Waals surface area contributed by atoms with Crippen LogP contribution in [0.25, 0.3) is 0 Å². The molecule has 1 aromatic carbocycles. The summed E-state index contributed by atoms with van der Waals surface area (Å²) in [5.41, 5.74) is -0.146. The number of amides is 1. The Morgan fingerprint density at radius 2 is 2.21 bits per heavy atom. The average molecular weight is 285 g/mol. The maximum atomic E-state index is 11.4. The summed E-state index contributed by atoms with van der Waals surface area (Å²) in [6, 6.07) is 3.79. The maximum absolute atomic E-state index is 11.4. The van der Waals surface area contributed by atoms with E-state index in [1.807, 2.05) is 13.8 Å². The summed E-state index contributed by atoms with van der Waals surface area (Å²) in [7, 11) is 0. The van der Waals surface area contributed by atoms with Gasteiger partial charge in [0, 0.05) is 16.5 Å². The second-order valence-electron chi connectivity index (χ2n) is 5.10. The van der Waals surface area contributed by atoms with Crippen LogP contribution in [-0.4, -0.2) is 17.6 Å². The molecule has 0 saturated carbocycles. The van der Waals surface area contributed by atoms with E-state index in [9.17, 15) is 14.9 Å². The molecule has 6 nitrogen and oxygen atoms in total. The van der Waals surface area contributed by atoms with Gasteiger partial charge < -0.3 is 10.1 Å². The molecule has 1 aliphatic heterocycles. The quantitative estimate of drug-likeness (QED) is 0.668. The van der Waals surface area contributed by atoms with E-state index in [1.165, 1.54) is 18.2 Å². The number of ether oxygens (including phenoxy) is 1. The van der Waals surface area contributed by atoms with Crippen molar-refractivity contribution in [2.75, 3.05) is 6.61 Å². The van der Waals surface area contributed by atoms with Crippen LogP contribution in [0.4, 0.5) is 10.5 Å². The summed E-state index contributed by atoms with van der Waals surface area (Å²) in [5.74, 6) is 0. The number of cyclic esters (lactones) is 1. The Kier molecular flexibility index (Phi) is 3.36. The van der Waals surface area contributed by atoms with Crippen molar-refractivity contribution < 1.29 is 14.5 Å². The van der Waals surface area contributed by atoms with Crippen molar-refractivity contribution in [3.63, 3.8) is 0 Å². The minimum absolute atomic E-state index is 0.0651. The van der Waals surface area contributed by atoms with E-state index in [2.05, 4.69) is 5.32 Å². The molecule has 1 saturated heterocycles. The molecule has 1 heterocycles. The van der Waals surface area contributed by atoms with Crippen LogP contribution in [0.15, 0.2) is 18.2 Å². The number of halogens is 1. The Hall–Kier alpha value is -1.82. The number of nitro groups is 1. The SMILES string of the molecule is CC1(C)COC(=O)N[C@H]1c1cc(Cl)ccc1[N+](=O)[O-]. The maximum Gasteiger partial charge on any atom is 0.407 e. The number of benzene rings is 1. The van der Waals surface area contributed by atoms with E-state index in [4.69, 9.17) is 16.3 Å². The fraction of sp³-hybridized carbons (Fsp3) is 0.417. The molecule has 1 atom stereocenters. The number of hydrogen-bond acceptors (Lipinski definition) is 4.